The summed E-state index contributed by atoms with van der Waals surface area (Å²) >= 11 is 0. The molecule has 31 heavy (non-hydrogen) atoms. The lowest BCUT2D eigenvalue weighted by Gasteiger charge is -2.27. The average molecular weight is 431 g/mol. The highest BCUT2D eigenvalue weighted by molar-refractivity contribution is 5.94. The first-order chi connectivity index (χ1) is 15.0. The van der Waals surface area contributed by atoms with E-state index in [1.807, 2.05) is 6.07 Å². The summed E-state index contributed by atoms with van der Waals surface area (Å²) < 4.78 is 0. The van der Waals surface area contributed by atoms with Crippen molar-refractivity contribution in [3.05, 3.63) is 34.9 Å². The number of aromatic nitrogens is 4. The zero-order valence-corrected chi connectivity index (χ0v) is 16.9. The molecule has 12 heteroatoms. The van der Waals surface area contributed by atoms with Crippen LogP contribution in [0, 0.1) is 0 Å². The van der Waals surface area contributed by atoms with Crippen LogP contribution in [-0.4, -0.2) is 73.7 Å². The van der Waals surface area contributed by atoms with Crippen LogP contribution < -0.4 is 10.6 Å². The van der Waals surface area contributed by atoms with Gasteiger partial charge >= 0.3 is 0 Å². The molecule has 166 valence electrons. The van der Waals surface area contributed by atoms with Gasteiger partial charge in [0.25, 0.3) is 12.4 Å². The SMILES string of the molecule is O=C1CC[C@@H](CC(=O)N2CCc3c(C(=O)NCCc4ccn[nH]4)n[nH]c3C2)N1.O=CO. The number of aromatic amines is 2. The number of H-pyrrole nitrogens is 2. The lowest BCUT2D eigenvalue weighted by Crippen LogP contribution is -2.40. The predicted molar refractivity (Wildman–Crippen MR) is 107 cm³/mol. The second kappa shape index (κ2) is 10.4. The van der Waals surface area contributed by atoms with Gasteiger partial charge in [-0.1, -0.05) is 0 Å². The molecule has 0 bridgehead atoms. The van der Waals surface area contributed by atoms with E-state index in [9.17, 15) is 14.4 Å². The van der Waals surface area contributed by atoms with Crippen molar-refractivity contribution >= 4 is 24.2 Å². The van der Waals surface area contributed by atoms with Crippen molar-refractivity contribution in [1.29, 1.82) is 0 Å². The molecule has 1 fully saturated rings. The van der Waals surface area contributed by atoms with E-state index in [2.05, 4.69) is 31.0 Å². The average Bonchev–Trinajstić information content (AvgIpc) is 3.49. The fourth-order valence-electron chi connectivity index (χ4n) is 3.71. The summed E-state index contributed by atoms with van der Waals surface area (Å²) in [7, 11) is 0. The molecular weight excluding hydrogens is 406 g/mol. The van der Waals surface area contributed by atoms with Crippen LogP contribution in [0.1, 0.15) is 46.7 Å². The molecule has 0 unspecified atom stereocenters. The van der Waals surface area contributed by atoms with E-state index in [1.54, 1.807) is 11.1 Å². The lowest BCUT2D eigenvalue weighted by molar-refractivity contribution is -0.132. The van der Waals surface area contributed by atoms with Crippen molar-refractivity contribution in [2.75, 3.05) is 13.1 Å². The minimum absolute atomic E-state index is 0.00971. The molecule has 2 aromatic rings. The number of hydrogen-bond donors (Lipinski definition) is 5. The maximum atomic E-state index is 12.5. The van der Waals surface area contributed by atoms with Gasteiger partial charge < -0.3 is 20.6 Å². The first-order valence-corrected chi connectivity index (χ1v) is 9.99. The van der Waals surface area contributed by atoms with Crippen LogP contribution in [0.5, 0.6) is 0 Å². The third-order valence-electron chi connectivity index (χ3n) is 5.25. The normalized spacial score (nSPS) is 17.2. The number of carbonyl (C=O) groups is 4. The van der Waals surface area contributed by atoms with Gasteiger partial charge in [0.2, 0.25) is 11.8 Å². The van der Waals surface area contributed by atoms with Crippen LogP contribution in [-0.2, 0) is 33.8 Å². The summed E-state index contributed by atoms with van der Waals surface area (Å²) in [6.45, 7) is 1.18. The van der Waals surface area contributed by atoms with Gasteiger partial charge in [0, 0.05) is 55.8 Å². The molecule has 0 spiro atoms. The summed E-state index contributed by atoms with van der Waals surface area (Å²) in [5.41, 5.74) is 3.03. The molecule has 0 aromatic carbocycles. The van der Waals surface area contributed by atoms with Crippen molar-refractivity contribution in [1.82, 2.24) is 35.9 Å². The quantitative estimate of drug-likeness (QED) is 0.378. The number of carboxylic acid groups (broad SMARTS) is 1. The fourth-order valence-corrected chi connectivity index (χ4v) is 3.71. The first-order valence-electron chi connectivity index (χ1n) is 9.99. The summed E-state index contributed by atoms with van der Waals surface area (Å²) in [5, 5.41) is 26.4. The van der Waals surface area contributed by atoms with Crippen LogP contribution in [0.25, 0.3) is 0 Å². The Kier molecular flexibility index (Phi) is 7.35. The molecule has 3 amide bonds. The number of nitrogens with zero attached hydrogens (tertiary/aromatic N) is 3. The molecule has 1 atom stereocenters. The Labute approximate surface area is 177 Å². The van der Waals surface area contributed by atoms with Crippen molar-refractivity contribution in [2.24, 2.45) is 0 Å². The highest BCUT2D eigenvalue weighted by atomic mass is 16.3. The Morgan fingerprint density at radius 2 is 2.13 bits per heavy atom. The van der Waals surface area contributed by atoms with Gasteiger partial charge in [-0.2, -0.15) is 10.2 Å². The first kappa shape index (κ1) is 22.0. The van der Waals surface area contributed by atoms with E-state index in [0.717, 1.165) is 17.0 Å². The van der Waals surface area contributed by atoms with Crippen LogP contribution in [0.2, 0.25) is 0 Å². The zero-order chi connectivity index (χ0) is 22.2. The van der Waals surface area contributed by atoms with Crippen LogP contribution in [0.3, 0.4) is 0 Å². The van der Waals surface area contributed by atoms with E-state index in [1.165, 1.54) is 0 Å². The Balaban J connectivity index is 0.000000858. The van der Waals surface area contributed by atoms with Gasteiger partial charge in [0.15, 0.2) is 5.69 Å². The molecule has 5 N–H and O–H groups in total. The van der Waals surface area contributed by atoms with Crippen molar-refractivity contribution in [3.63, 3.8) is 0 Å². The molecule has 2 aromatic heterocycles. The number of rotatable bonds is 6. The van der Waals surface area contributed by atoms with Crippen molar-refractivity contribution in [2.45, 2.75) is 44.7 Å². The molecule has 4 rings (SSSR count). The maximum Gasteiger partial charge on any atom is 0.290 e. The smallest absolute Gasteiger partial charge is 0.290 e. The molecule has 2 aliphatic heterocycles. The number of fused-ring (bicyclic) bond motifs is 1. The summed E-state index contributed by atoms with van der Waals surface area (Å²) in [6, 6.07) is 1.80. The summed E-state index contributed by atoms with van der Waals surface area (Å²) in [5.74, 6) is -0.195. The Morgan fingerprint density at radius 1 is 1.32 bits per heavy atom. The predicted octanol–water partition coefficient (Wildman–Crippen LogP) is -0.640. The topological polar surface area (TPSA) is 173 Å². The summed E-state index contributed by atoms with van der Waals surface area (Å²) in [4.78, 5) is 46.4. The van der Waals surface area contributed by atoms with E-state index in [-0.39, 0.29) is 30.2 Å². The van der Waals surface area contributed by atoms with Gasteiger partial charge in [0.1, 0.15) is 0 Å². The van der Waals surface area contributed by atoms with Gasteiger partial charge in [-0.15, -0.1) is 0 Å². The standard InChI is InChI=1S/C18H23N7O3.CH2O2/c26-15-2-1-12(21-15)9-16(27)25-8-5-13-14(10-25)23-24-17(13)18(28)19-6-3-11-4-7-20-22-11;2-1-3/h4,7,12H,1-3,5-6,8-10H2,(H,19,28)(H,20,22)(H,21,26)(H,23,24);1H,(H,2,3)/t12-;/m0./s1. The van der Waals surface area contributed by atoms with E-state index in [0.29, 0.717) is 57.4 Å². The molecule has 0 radical (unpaired) electrons. The highest BCUT2D eigenvalue weighted by Crippen LogP contribution is 2.22. The molecule has 2 aliphatic rings. The van der Waals surface area contributed by atoms with Gasteiger partial charge in [0.05, 0.1) is 12.2 Å². The summed E-state index contributed by atoms with van der Waals surface area (Å²) in [6.07, 6.45) is 4.43. The number of amides is 3. The number of nitrogens with one attached hydrogen (secondary N) is 4. The molecule has 1 saturated heterocycles. The monoisotopic (exact) mass is 431 g/mol. The van der Waals surface area contributed by atoms with E-state index >= 15 is 0 Å². The molecule has 0 saturated carbocycles. The number of carbonyl (C=O) groups excluding carboxylic acids is 3. The molecule has 12 nitrogen and oxygen atoms in total. The molecule has 4 heterocycles. The van der Waals surface area contributed by atoms with Crippen LogP contribution in [0.15, 0.2) is 12.3 Å². The van der Waals surface area contributed by atoms with E-state index < -0.39 is 0 Å². The third kappa shape index (κ3) is 5.68. The van der Waals surface area contributed by atoms with Gasteiger partial charge in [-0.25, -0.2) is 0 Å². The third-order valence-corrected chi connectivity index (χ3v) is 5.25. The largest absolute Gasteiger partial charge is 0.483 e. The van der Waals surface area contributed by atoms with E-state index in [4.69, 9.17) is 9.90 Å². The van der Waals surface area contributed by atoms with Crippen LogP contribution in [0.4, 0.5) is 0 Å². The lowest BCUT2D eigenvalue weighted by atomic mass is 10.0. The van der Waals surface area contributed by atoms with Gasteiger partial charge in [-0.3, -0.25) is 29.4 Å². The second-order valence-corrected chi connectivity index (χ2v) is 7.30. The number of hydrogen-bond acceptors (Lipinski definition) is 6. The zero-order valence-electron chi connectivity index (χ0n) is 16.9. The Morgan fingerprint density at radius 3 is 2.81 bits per heavy atom. The maximum absolute atomic E-state index is 12.5. The minimum atomic E-state index is -0.250. The second-order valence-electron chi connectivity index (χ2n) is 7.30. The highest BCUT2D eigenvalue weighted by Gasteiger charge is 2.30. The Bertz CT molecular complexity index is 924. The molecular formula is C19H25N7O5. The van der Waals surface area contributed by atoms with Crippen LogP contribution >= 0.6 is 0 Å². The van der Waals surface area contributed by atoms with Gasteiger partial charge in [-0.05, 0) is 18.9 Å². The fraction of sp³-hybridized carbons (Fsp3) is 0.474. The Hall–Kier alpha value is -3.70. The molecule has 0 aliphatic carbocycles. The van der Waals surface area contributed by atoms with Crippen molar-refractivity contribution < 1.29 is 24.3 Å². The minimum Gasteiger partial charge on any atom is -0.483 e. The van der Waals surface area contributed by atoms with Crippen molar-refractivity contribution in [3.8, 4) is 0 Å².